The Labute approximate surface area is 276 Å². The topological polar surface area (TPSA) is 0 Å². The van der Waals surface area contributed by atoms with E-state index in [1.165, 1.54) is 43.8 Å². The maximum absolute atomic E-state index is 9.39. The van der Waals surface area contributed by atoms with Crippen LogP contribution < -0.4 is 0 Å². The first-order valence-electron chi connectivity index (χ1n) is 16.0. The molecule has 0 saturated heterocycles. The zero-order valence-corrected chi connectivity index (χ0v) is 35.6. The molecule has 6 heteroatoms. The zero-order chi connectivity index (χ0) is 31.8. The zero-order valence-electron chi connectivity index (χ0n) is 27.4. The molecule has 4 aromatic carbocycles. The van der Waals surface area contributed by atoms with Crippen LogP contribution in [0, 0.1) is 0 Å². The van der Waals surface area contributed by atoms with Crippen molar-refractivity contribution < 1.29 is 15.3 Å². The Kier molecular flexibility index (Phi) is 7.92. The van der Waals surface area contributed by atoms with Gasteiger partial charge in [-0.25, -0.2) is 0 Å². The van der Waals surface area contributed by atoms with E-state index in [0.717, 1.165) is 0 Å². The van der Waals surface area contributed by atoms with Gasteiger partial charge in [-0.2, -0.15) is 0 Å². The molecule has 0 heterocycles. The molecule has 227 valence electrons. The first-order chi connectivity index (χ1) is 20.6. The van der Waals surface area contributed by atoms with Crippen LogP contribution in [0.5, 0.6) is 0 Å². The molecule has 0 saturated carbocycles. The third kappa shape index (κ3) is 4.07. The quantitative estimate of drug-likeness (QED) is 0.163. The molecule has 0 N–H and O–H groups in total. The molecule has 6 rings (SSSR count). The van der Waals surface area contributed by atoms with Gasteiger partial charge in [-0.3, -0.25) is 0 Å². The van der Waals surface area contributed by atoms with Crippen LogP contribution in [0.2, 0.25) is 52.4 Å². The third-order valence-corrected chi connectivity index (χ3v) is 94.1. The molecular formula is C38H45Cl2HfSi3. The molecule has 44 heavy (non-hydrogen) atoms. The van der Waals surface area contributed by atoms with Gasteiger partial charge in [0.2, 0.25) is 0 Å². The number of hydrogen-bond acceptors (Lipinski definition) is 0. The number of halogens is 2. The normalized spacial score (nSPS) is 22.6. The van der Waals surface area contributed by atoms with E-state index in [1.54, 1.807) is 0 Å². The van der Waals surface area contributed by atoms with Gasteiger partial charge in [0.05, 0.1) is 0 Å². The predicted octanol–water partition coefficient (Wildman–Crippen LogP) is 11.4. The first kappa shape index (κ1) is 32.4. The monoisotopic (exact) mass is 835 g/mol. The van der Waals surface area contributed by atoms with Crippen molar-refractivity contribution in [2.24, 2.45) is 0 Å². The van der Waals surface area contributed by atoms with E-state index in [9.17, 15) is 17.2 Å². The second-order valence-corrected chi connectivity index (χ2v) is 83.1. The van der Waals surface area contributed by atoms with Crippen LogP contribution in [0.4, 0.5) is 0 Å². The molecule has 0 fully saturated rings. The van der Waals surface area contributed by atoms with Gasteiger partial charge in [-0.1, -0.05) is 0 Å². The predicted molar refractivity (Wildman–Crippen MR) is 201 cm³/mol. The van der Waals surface area contributed by atoms with Gasteiger partial charge >= 0.3 is 278 Å². The maximum atomic E-state index is 9.39. The van der Waals surface area contributed by atoms with Crippen molar-refractivity contribution in [1.82, 2.24) is 0 Å². The Morgan fingerprint density at radius 2 is 0.818 bits per heavy atom. The van der Waals surface area contributed by atoms with Crippen molar-refractivity contribution in [3.63, 3.8) is 0 Å². The molecule has 0 amide bonds. The standard InChI is InChI=1S/2C18H19Si.C2H7Si.2ClH.Hf/c2*1-19(2,3)17-13-15-11-7-8-12-16(15)18(17)14-9-5-4-6-10-14;1-3-2;;;/h2*4-13H,1-3H3;3H,1-2H3;2*1H;/q;;;;;+2/p-2. The van der Waals surface area contributed by atoms with Gasteiger partial charge in [0.15, 0.2) is 0 Å². The van der Waals surface area contributed by atoms with Crippen molar-refractivity contribution in [3.8, 4) is 0 Å². The summed E-state index contributed by atoms with van der Waals surface area (Å²) in [5, 5.41) is 3.02. The van der Waals surface area contributed by atoms with Crippen LogP contribution in [0.3, 0.4) is 0 Å². The van der Waals surface area contributed by atoms with E-state index in [-0.39, 0.29) is 0 Å². The minimum atomic E-state index is -5.75. The molecule has 2 atom stereocenters. The Morgan fingerprint density at radius 3 is 1.14 bits per heavy atom. The van der Waals surface area contributed by atoms with Crippen LogP contribution in [0.1, 0.15) is 33.4 Å². The summed E-state index contributed by atoms with van der Waals surface area (Å²) < 4.78 is -1.15. The van der Waals surface area contributed by atoms with Crippen molar-refractivity contribution >= 4 is 51.4 Å². The van der Waals surface area contributed by atoms with Gasteiger partial charge in [0, 0.05) is 0 Å². The number of allylic oxidation sites excluding steroid dienone is 2. The molecule has 2 unspecified atom stereocenters. The average Bonchev–Trinajstić information content (AvgIpc) is 3.55. The fourth-order valence-electron chi connectivity index (χ4n) is 8.97. The second kappa shape index (κ2) is 10.7. The van der Waals surface area contributed by atoms with Gasteiger partial charge < -0.3 is 0 Å². The van der Waals surface area contributed by atoms with E-state index in [2.05, 4.69) is 174 Å². The van der Waals surface area contributed by atoms with Gasteiger partial charge in [-0.05, 0) is 0 Å². The Balaban J connectivity index is 1.97. The minimum absolute atomic E-state index is 0.574. The van der Waals surface area contributed by atoms with Gasteiger partial charge in [0.25, 0.3) is 0 Å². The summed E-state index contributed by atoms with van der Waals surface area (Å²) in [6.45, 7) is 20.0. The number of benzene rings is 4. The SMILES string of the molecule is C[SiH](C)[Hf]([Cl])([Cl])([C]1(c2ccccc2)C([Si](C)(C)C)=Cc2ccccc21)[C]1(c2ccccc2)C([Si](C)(C)C)=Cc2ccccc21. The molecule has 4 aromatic rings. The van der Waals surface area contributed by atoms with Gasteiger partial charge in [-0.15, -0.1) is 0 Å². The third-order valence-electron chi connectivity index (χ3n) is 10.6. The molecule has 2 aliphatic rings. The number of hydrogen-bond donors (Lipinski definition) is 0. The van der Waals surface area contributed by atoms with E-state index in [0.29, 0.717) is 0 Å². The summed E-state index contributed by atoms with van der Waals surface area (Å²) in [6, 6.07) is 40.7. The van der Waals surface area contributed by atoms with Crippen molar-refractivity contribution in [3.05, 3.63) is 153 Å². The summed E-state index contributed by atoms with van der Waals surface area (Å²) >= 11 is -5.75. The Morgan fingerprint density at radius 1 is 0.500 bits per heavy atom. The van der Waals surface area contributed by atoms with E-state index >= 15 is 0 Å². The van der Waals surface area contributed by atoms with Crippen LogP contribution in [-0.4, -0.2) is 22.1 Å². The second-order valence-electron chi connectivity index (χ2n) is 15.3. The molecule has 0 bridgehead atoms. The van der Waals surface area contributed by atoms with Crippen LogP contribution >= 0.6 is 17.2 Å². The Hall–Kier alpha value is -1.54. The molecular weight excluding hydrogens is 790 g/mol. The summed E-state index contributed by atoms with van der Waals surface area (Å²) in [5.74, 6) is -1.92. The number of fused-ring (bicyclic) bond motifs is 2. The first-order valence-corrected chi connectivity index (χ1v) is 44.6. The summed E-state index contributed by atoms with van der Waals surface area (Å²) in [7, 11) is 14.7. The van der Waals surface area contributed by atoms with E-state index in [1.807, 2.05) is 0 Å². The molecule has 0 radical (unpaired) electrons. The fourth-order valence-corrected chi connectivity index (χ4v) is 85.0. The molecule has 2 aliphatic carbocycles. The molecule has 0 nitrogen and oxygen atoms in total. The molecule has 0 aliphatic heterocycles. The average molecular weight is 835 g/mol. The summed E-state index contributed by atoms with van der Waals surface area (Å²) in [6.07, 6.45) is 5.06. The van der Waals surface area contributed by atoms with E-state index < -0.39 is 43.8 Å². The molecule has 0 spiro atoms. The Bertz CT molecular complexity index is 1670. The molecule has 0 aromatic heterocycles. The van der Waals surface area contributed by atoms with Gasteiger partial charge in [0.1, 0.15) is 0 Å². The summed E-state index contributed by atoms with van der Waals surface area (Å²) in [4.78, 5) is 0. The van der Waals surface area contributed by atoms with Crippen LogP contribution in [0.25, 0.3) is 12.2 Å². The number of rotatable bonds is 7. The van der Waals surface area contributed by atoms with Crippen LogP contribution in [-0.2, 0) is 21.6 Å². The fraction of sp³-hybridized carbons (Fsp3) is 0.263. The van der Waals surface area contributed by atoms with Crippen molar-refractivity contribution in [2.45, 2.75) is 58.7 Å². The van der Waals surface area contributed by atoms with Crippen molar-refractivity contribution in [1.29, 1.82) is 0 Å². The van der Waals surface area contributed by atoms with Crippen LogP contribution in [0.15, 0.2) is 120 Å². The summed E-state index contributed by atoms with van der Waals surface area (Å²) in [5.41, 5.74) is 7.82. The van der Waals surface area contributed by atoms with E-state index in [4.69, 9.17) is 0 Å². The van der Waals surface area contributed by atoms with Crippen molar-refractivity contribution in [2.75, 3.05) is 0 Å².